The van der Waals surface area contributed by atoms with Crippen molar-refractivity contribution in [3.63, 3.8) is 0 Å². The van der Waals surface area contributed by atoms with Gasteiger partial charge in [0.15, 0.2) is 0 Å². The first-order chi connectivity index (χ1) is 11.1. The highest BCUT2D eigenvalue weighted by molar-refractivity contribution is 6.32. The van der Waals surface area contributed by atoms with Crippen LogP contribution in [0.2, 0.25) is 5.02 Å². The summed E-state index contributed by atoms with van der Waals surface area (Å²) in [6.45, 7) is 5.02. The minimum atomic E-state index is -0.548. The van der Waals surface area contributed by atoms with Crippen LogP contribution in [0.3, 0.4) is 0 Å². The Kier molecular flexibility index (Phi) is 4.78. The fraction of sp³-hybridized carbons (Fsp3) is 0.353. The molecule has 3 nitrogen and oxygen atoms in total. The van der Waals surface area contributed by atoms with E-state index in [0.717, 1.165) is 38.1 Å². The van der Waals surface area contributed by atoms with Crippen molar-refractivity contribution >= 4 is 17.4 Å². The van der Waals surface area contributed by atoms with Crippen LogP contribution in [0.4, 0.5) is 14.6 Å². The molecule has 1 unspecified atom stereocenters. The van der Waals surface area contributed by atoms with Crippen LogP contribution < -0.4 is 4.90 Å². The number of rotatable bonds is 3. The molecule has 1 saturated heterocycles. The number of benzene rings is 1. The van der Waals surface area contributed by atoms with E-state index in [1.807, 2.05) is 19.1 Å². The number of hydrogen-bond donors (Lipinski definition) is 0. The zero-order valence-corrected chi connectivity index (χ0v) is 13.6. The predicted octanol–water partition coefficient (Wildman–Crippen LogP) is 3.90. The molecular formula is C17H18ClF2N3. The minimum absolute atomic E-state index is 0.100. The van der Waals surface area contributed by atoms with Crippen LogP contribution in [-0.2, 0) is 0 Å². The molecule has 0 radical (unpaired) electrons. The van der Waals surface area contributed by atoms with E-state index in [-0.39, 0.29) is 6.04 Å². The van der Waals surface area contributed by atoms with Crippen molar-refractivity contribution in [2.75, 3.05) is 31.1 Å². The summed E-state index contributed by atoms with van der Waals surface area (Å²) in [5.74, 6) is -0.254. The van der Waals surface area contributed by atoms with E-state index in [1.54, 1.807) is 6.20 Å². The van der Waals surface area contributed by atoms with Gasteiger partial charge in [-0.15, -0.1) is 0 Å². The maximum atomic E-state index is 13.9. The van der Waals surface area contributed by atoms with Crippen LogP contribution in [0.15, 0.2) is 36.5 Å². The van der Waals surface area contributed by atoms with Crippen LogP contribution in [-0.4, -0.2) is 36.1 Å². The number of piperazine rings is 1. The zero-order valence-electron chi connectivity index (χ0n) is 12.8. The molecule has 1 aliphatic rings. The van der Waals surface area contributed by atoms with Gasteiger partial charge in [0, 0.05) is 50.0 Å². The van der Waals surface area contributed by atoms with Crippen LogP contribution in [0.5, 0.6) is 0 Å². The molecule has 2 heterocycles. The Labute approximate surface area is 139 Å². The molecule has 1 atom stereocenters. The third-order valence-corrected chi connectivity index (χ3v) is 4.61. The van der Waals surface area contributed by atoms with Crippen LogP contribution in [0, 0.1) is 11.6 Å². The Morgan fingerprint density at radius 3 is 2.52 bits per heavy atom. The van der Waals surface area contributed by atoms with Crippen molar-refractivity contribution in [2.45, 2.75) is 13.0 Å². The van der Waals surface area contributed by atoms with Gasteiger partial charge in [0.1, 0.15) is 17.5 Å². The molecule has 23 heavy (non-hydrogen) atoms. The average molecular weight is 338 g/mol. The number of nitrogens with zero attached hydrogens (tertiary/aromatic N) is 3. The van der Waals surface area contributed by atoms with Crippen molar-refractivity contribution in [1.82, 2.24) is 9.88 Å². The molecule has 1 aliphatic heterocycles. The maximum Gasteiger partial charge on any atom is 0.147 e. The van der Waals surface area contributed by atoms with Crippen molar-refractivity contribution in [3.8, 4) is 0 Å². The van der Waals surface area contributed by atoms with Gasteiger partial charge < -0.3 is 4.90 Å². The highest BCUT2D eigenvalue weighted by Gasteiger charge is 2.25. The number of anilines is 1. The summed E-state index contributed by atoms with van der Waals surface area (Å²) < 4.78 is 27.0. The monoisotopic (exact) mass is 337 g/mol. The highest BCUT2D eigenvalue weighted by Crippen LogP contribution is 2.27. The fourth-order valence-corrected chi connectivity index (χ4v) is 3.21. The van der Waals surface area contributed by atoms with E-state index >= 15 is 0 Å². The molecule has 1 aromatic heterocycles. The molecule has 1 aromatic carbocycles. The van der Waals surface area contributed by atoms with Gasteiger partial charge in [-0.25, -0.2) is 13.8 Å². The van der Waals surface area contributed by atoms with Gasteiger partial charge in [-0.3, -0.25) is 4.90 Å². The Hall–Kier alpha value is -1.72. The largest absolute Gasteiger partial charge is 0.353 e. The zero-order chi connectivity index (χ0) is 16.4. The first-order valence-electron chi connectivity index (χ1n) is 7.60. The molecule has 0 N–H and O–H groups in total. The SMILES string of the molecule is CC(c1ccc(F)cc1F)N1CCN(c2ncccc2Cl)CC1. The van der Waals surface area contributed by atoms with Crippen molar-refractivity contribution in [1.29, 1.82) is 0 Å². The normalized spacial score (nSPS) is 17.3. The van der Waals surface area contributed by atoms with Gasteiger partial charge in [0.25, 0.3) is 0 Å². The number of hydrogen-bond acceptors (Lipinski definition) is 3. The molecule has 0 aliphatic carbocycles. The van der Waals surface area contributed by atoms with Gasteiger partial charge >= 0.3 is 0 Å². The second-order valence-corrected chi connectivity index (χ2v) is 6.08. The smallest absolute Gasteiger partial charge is 0.147 e. The predicted molar refractivity (Wildman–Crippen MR) is 87.8 cm³/mol. The van der Waals surface area contributed by atoms with Gasteiger partial charge in [-0.2, -0.15) is 0 Å². The number of pyridine rings is 1. The molecule has 3 rings (SSSR count). The molecule has 0 saturated carbocycles. The molecule has 0 spiro atoms. The summed E-state index contributed by atoms with van der Waals surface area (Å²) in [6, 6.07) is 7.30. The van der Waals surface area contributed by atoms with E-state index < -0.39 is 11.6 Å². The van der Waals surface area contributed by atoms with Crippen molar-refractivity contribution < 1.29 is 8.78 Å². The minimum Gasteiger partial charge on any atom is -0.353 e. The van der Waals surface area contributed by atoms with E-state index in [0.29, 0.717) is 10.6 Å². The van der Waals surface area contributed by atoms with Crippen LogP contribution in [0.25, 0.3) is 0 Å². The maximum absolute atomic E-state index is 13.9. The first kappa shape index (κ1) is 16.1. The molecule has 0 bridgehead atoms. The Bertz CT molecular complexity index is 687. The third kappa shape index (κ3) is 3.46. The summed E-state index contributed by atoms with van der Waals surface area (Å²) in [7, 11) is 0. The summed E-state index contributed by atoms with van der Waals surface area (Å²) in [5.41, 5.74) is 0.524. The highest BCUT2D eigenvalue weighted by atomic mass is 35.5. The van der Waals surface area contributed by atoms with Gasteiger partial charge in [0.2, 0.25) is 0 Å². The van der Waals surface area contributed by atoms with Crippen molar-refractivity contribution in [3.05, 3.63) is 58.7 Å². The molecule has 6 heteroatoms. The van der Waals surface area contributed by atoms with E-state index in [2.05, 4.69) is 14.8 Å². The topological polar surface area (TPSA) is 19.4 Å². The van der Waals surface area contributed by atoms with E-state index in [1.165, 1.54) is 12.1 Å². The lowest BCUT2D eigenvalue weighted by Gasteiger charge is -2.39. The summed E-state index contributed by atoms with van der Waals surface area (Å²) in [4.78, 5) is 8.64. The molecule has 1 fully saturated rings. The van der Waals surface area contributed by atoms with E-state index in [4.69, 9.17) is 11.6 Å². The molecular weight excluding hydrogens is 320 g/mol. The molecule has 2 aromatic rings. The average Bonchev–Trinajstić information content (AvgIpc) is 2.55. The molecule has 0 amide bonds. The standard InChI is InChI=1S/C17H18ClF2N3/c1-12(14-5-4-13(19)11-16(14)20)22-7-9-23(10-8-22)17-15(18)3-2-6-21-17/h2-6,11-12H,7-10H2,1H3. The van der Waals surface area contributed by atoms with Crippen LogP contribution >= 0.6 is 11.6 Å². The first-order valence-corrected chi connectivity index (χ1v) is 7.98. The summed E-state index contributed by atoms with van der Waals surface area (Å²) >= 11 is 6.19. The second-order valence-electron chi connectivity index (χ2n) is 5.67. The van der Waals surface area contributed by atoms with Gasteiger partial charge in [0.05, 0.1) is 5.02 Å². The lowest BCUT2D eigenvalue weighted by atomic mass is 10.1. The molecule has 122 valence electrons. The van der Waals surface area contributed by atoms with Gasteiger partial charge in [-0.1, -0.05) is 17.7 Å². The second kappa shape index (κ2) is 6.81. The third-order valence-electron chi connectivity index (χ3n) is 4.31. The lowest BCUT2D eigenvalue weighted by Crippen LogP contribution is -2.47. The summed E-state index contributed by atoms with van der Waals surface area (Å²) in [6.07, 6.45) is 1.73. The quantitative estimate of drug-likeness (QED) is 0.847. The Balaban J connectivity index is 1.68. The van der Waals surface area contributed by atoms with Crippen molar-refractivity contribution in [2.24, 2.45) is 0 Å². The number of aromatic nitrogens is 1. The number of halogens is 3. The lowest BCUT2D eigenvalue weighted by molar-refractivity contribution is 0.194. The summed E-state index contributed by atoms with van der Waals surface area (Å²) in [5, 5.41) is 0.638. The Morgan fingerprint density at radius 1 is 1.13 bits per heavy atom. The Morgan fingerprint density at radius 2 is 1.87 bits per heavy atom. The van der Waals surface area contributed by atoms with Crippen LogP contribution in [0.1, 0.15) is 18.5 Å². The fourth-order valence-electron chi connectivity index (χ4n) is 2.97. The van der Waals surface area contributed by atoms with E-state index in [9.17, 15) is 8.78 Å². The van der Waals surface area contributed by atoms with Gasteiger partial charge in [-0.05, 0) is 25.1 Å².